The van der Waals surface area contributed by atoms with Crippen molar-refractivity contribution >= 4 is 11.9 Å². The summed E-state index contributed by atoms with van der Waals surface area (Å²) in [5, 5.41) is 13.1. The second-order valence-corrected chi connectivity index (χ2v) is 4.87. The molecule has 0 aliphatic carbocycles. The van der Waals surface area contributed by atoms with Crippen LogP contribution in [0.5, 0.6) is 0 Å². The van der Waals surface area contributed by atoms with Crippen LogP contribution < -0.4 is 16.0 Å². The molecule has 0 saturated heterocycles. The number of carbonyl (C=O) groups excluding carboxylic acids is 1. The highest BCUT2D eigenvalue weighted by Crippen LogP contribution is 2.15. The van der Waals surface area contributed by atoms with Gasteiger partial charge in [0.05, 0.1) is 12.2 Å². The number of nitrogens with zero attached hydrogens (tertiary/aromatic N) is 2. The summed E-state index contributed by atoms with van der Waals surface area (Å²) in [6.07, 6.45) is 2.55. The number of rotatable bonds is 8. The van der Waals surface area contributed by atoms with E-state index in [2.05, 4.69) is 26.1 Å². The number of hydrogen-bond acceptors (Lipinski definition) is 4. The second-order valence-electron chi connectivity index (χ2n) is 4.87. The molecule has 1 amide bonds. The van der Waals surface area contributed by atoms with Crippen molar-refractivity contribution in [2.75, 3.05) is 20.1 Å². The SMILES string of the molecule is CCCNC(=O)CNC(=NC)NCc1c(CC)noc1CC. The van der Waals surface area contributed by atoms with Gasteiger partial charge in [-0.15, -0.1) is 0 Å². The highest BCUT2D eigenvalue weighted by molar-refractivity contribution is 5.86. The molecule has 0 aliphatic heterocycles. The van der Waals surface area contributed by atoms with Crippen LogP contribution in [0.25, 0.3) is 0 Å². The van der Waals surface area contributed by atoms with E-state index in [1.165, 1.54) is 0 Å². The molecule has 1 aromatic heterocycles. The van der Waals surface area contributed by atoms with Crippen molar-refractivity contribution < 1.29 is 9.32 Å². The van der Waals surface area contributed by atoms with Crippen molar-refractivity contribution in [1.82, 2.24) is 21.1 Å². The highest BCUT2D eigenvalue weighted by Gasteiger charge is 2.13. The third-order valence-corrected chi connectivity index (χ3v) is 3.25. The Morgan fingerprint density at radius 1 is 1.18 bits per heavy atom. The highest BCUT2D eigenvalue weighted by atomic mass is 16.5. The third-order valence-electron chi connectivity index (χ3n) is 3.25. The van der Waals surface area contributed by atoms with Gasteiger partial charge >= 0.3 is 0 Å². The van der Waals surface area contributed by atoms with E-state index in [4.69, 9.17) is 4.52 Å². The molecule has 0 unspecified atom stereocenters. The first-order chi connectivity index (χ1) is 10.7. The molecule has 22 heavy (non-hydrogen) atoms. The lowest BCUT2D eigenvalue weighted by atomic mass is 10.1. The number of hydrogen-bond donors (Lipinski definition) is 3. The van der Waals surface area contributed by atoms with Gasteiger partial charge in [-0.1, -0.05) is 25.9 Å². The minimum absolute atomic E-state index is 0.0433. The molecule has 7 nitrogen and oxygen atoms in total. The van der Waals surface area contributed by atoms with E-state index >= 15 is 0 Å². The van der Waals surface area contributed by atoms with Crippen molar-refractivity contribution in [3.05, 3.63) is 17.0 Å². The summed E-state index contributed by atoms with van der Waals surface area (Å²) in [6, 6.07) is 0. The smallest absolute Gasteiger partial charge is 0.239 e. The first-order valence-corrected chi connectivity index (χ1v) is 7.83. The van der Waals surface area contributed by atoms with Gasteiger partial charge in [-0.05, 0) is 12.8 Å². The fourth-order valence-corrected chi connectivity index (χ4v) is 2.02. The molecule has 0 radical (unpaired) electrons. The average Bonchev–Trinajstić information content (AvgIpc) is 2.95. The Balaban J connectivity index is 2.51. The van der Waals surface area contributed by atoms with Gasteiger partial charge in [0.2, 0.25) is 5.91 Å². The largest absolute Gasteiger partial charge is 0.361 e. The molecule has 0 spiro atoms. The summed E-state index contributed by atoms with van der Waals surface area (Å²) in [6.45, 7) is 7.56. The van der Waals surface area contributed by atoms with Crippen molar-refractivity contribution in [3.63, 3.8) is 0 Å². The molecular formula is C15H27N5O2. The molecule has 0 aliphatic rings. The van der Waals surface area contributed by atoms with Crippen LogP contribution in [0.3, 0.4) is 0 Å². The zero-order valence-corrected chi connectivity index (χ0v) is 14.0. The van der Waals surface area contributed by atoms with E-state index < -0.39 is 0 Å². The van der Waals surface area contributed by atoms with Crippen LogP contribution in [-0.2, 0) is 24.2 Å². The predicted octanol–water partition coefficient (Wildman–Crippen LogP) is 0.991. The average molecular weight is 309 g/mol. The van der Waals surface area contributed by atoms with Crippen LogP contribution in [0.1, 0.15) is 44.2 Å². The molecule has 0 saturated carbocycles. The lowest BCUT2D eigenvalue weighted by molar-refractivity contribution is -0.120. The van der Waals surface area contributed by atoms with Gasteiger partial charge < -0.3 is 20.5 Å². The van der Waals surface area contributed by atoms with Gasteiger partial charge in [-0.25, -0.2) is 0 Å². The number of carbonyl (C=O) groups is 1. The molecule has 0 bridgehead atoms. The quantitative estimate of drug-likeness (QED) is 0.492. The Hall–Kier alpha value is -2.05. The maximum Gasteiger partial charge on any atom is 0.239 e. The molecule has 0 aromatic carbocycles. The number of aliphatic imine (C=N–C) groups is 1. The summed E-state index contributed by atoms with van der Waals surface area (Å²) in [7, 11) is 1.67. The van der Waals surface area contributed by atoms with Crippen LogP contribution in [0.15, 0.2) is 9.52 Å². The molecule has 7 heteroatoms. The van der Waals surface area contributed by atoms with Gasteiger partial charge in [-0.3, -0.25) is 9.79 Å². The van der Waals surface area contributed by atoms with Crippen molar-refractivity contribution in [2.45, 2.75) is 46.6 Å². The Kier molecular flexibility index (Phi) is 8.03. The zero-order chi connectivity index (χ0) is 16.4. The molecule has 1 aromatic rings. The Labute approximate surface area is 131 Å². The van der Waals surface area contributed by atoms with E-state index in [0.29, 0.717) is 19.0 Å². The lowest BCUT2D eigenvalue weighted by Gasteiger charge is -2.12. The van der Waals surface area contributed by atoms with Crippen LogP contribution >= 0.6 is 0 Å². The van der Waals surface area contributed by atoms with Crippen LogP contribution in [0, 0.1) is 0 Å². The van der Waals surface area contributed by atoms with Gasteiger partial charge in [0.25, 0.3) is 0 Å². The number of guanidine groups is 1. The van der Waals surface area contributed by atoms with Gasteiger partial charge in [0.15, 0.2) is 5.96 Å². The lowest BCUT2D eigenvalue weighted by Crippen LogP contribution is -2.43. The summed E-state index contributed by atoms with van der Waals surface area (Å²) in [5.74, 6) is 1.43. The summed E-state index contributed by atoms with van der Waals surface area (Å²) in [5.41, 5.74) is 2.03. The van der Waals surface area contributed by atoms with E-state index in [0.717, 1.165) is 36.3 Å². The Morgan fingerprint density at radius 2 is 1.95 bits per heavy atom. The molecule has 0 fully saturated rings. The van der Waals surface area contributed by atoms with Crippen LogP contribution in [0.2, 0.25) is 0 Å². The minimum Gasteiger partial charge on any atom is -0.361 e. The van der Waals surface area contributed by atoms with Crippen LogP contribution in [0.4, 0.5) is 0 Å². The number of aryl methyl sites for hydroxylation is 2. The summed E-state index contributed by atoms with van der Waals surface area (Å²) < 4.78 is 5.33. The van der Waals surface area contributed by atoms with Gasteiger partial charge in [0, 0.05) is 32.1 Å². The topological polar surface area (TPSA) is 91.5 Å². The van der Waals surface area contributed by atoms with E-state index in [-0.39, 0.29) is 12.5 Å². The zero-order valence-electron chi connectivity index (χ0n) is 14.0. The molecule has 1 heterocycles. The summed E-state index contributed by atoms with van der Waals surface area (Å²) >= 11 is 0. The summed E-state index contributed by atoms with van der Waals surface area (Å²) in [4.78, 5) is 15.7. The number of amides is 1. The minimum atomic E-state index is -0.0433. The maximum atomic E-state index is 11.6. The molecular weight excluding hydrogens is 282 g/mol. The van der Waals surface area contributed by atoms with Crippen molar-refractivity contribution in [3.8, 4) is 0 Å². The fourth-order valence-electron chi connectivity index (χ4n) is 2.02. The van der Waals surface area contributed by atoms with Crippen molar-refractivity contribution in [1.29, 1.82) is 0 Å². The molecule has 0 atom stereocenters. The van der Waals surface area contributed by atoms with Gasteiger partial charge in [-0.2, -0.15) is 0 Å². The maximum absolute atomic E-state index is 11.6. The van der Waals surface area contributed by atoms with E-state index in [9.17, 15) is 4.79 Å². The third kappa shape index (κ3) is 5.38. The predicted molar refractivity (Wildman–Crippen MR) is 86.8 cm³/mol. The fraction of sp³-hybridized carbons (Fsp3) is 0.667. The monoisotopic (exact) mass is 309 g/mol. The number of nitrogens with one attached hydrogen (secondary N) is 3. The standard InChI is InChI=1S/C15H27N5O2/c1-5-8-17-14(21)10-19-15(16-4)18-9-11-12(6-2)20-22-13(11)7-3/h5-10H2,1-4H3,(H,17,21)(H2,16,18,19). The van der Waals surface area contributed by atoms with Crippen LogP contribution in [-0.4, -0.2) is 37.2 Å². The van der Waals surface area contributed by atoms with E-state index in [1.54, 1.807) is 7.05 Å². The molecule has 124 valence electrons. The van der Waals surface area contributed by atoms with Crippen molar-refractivity contribution in [2.24, 2.45) is 4.99 Å². The second kappa shape index (κ2) is 9.81. The van der Waals surface area contributed by atoms with E-state index in [1.807, 2.05) is 20.8 Å². The molecule has 1 rings (SSSR count). The normalized spacial score (nSPS) is 11.4. The first kappa shape index (κ1) is 18.0. The van der Waals surface area contributed by atoms with Gasteiger partial charge in [0.1, 0.15) is 5.76 Å². The Bertz CT molecular complexity index is 475. The number of aromatic nitrogens is 1. The molecule has 3 N–H and O–H groups in total. The Morgan fingerprint density at radius 3 is 2.55 bits per heavy atom. The first-order valence-electron chi connectivity index (χ1n) is 7.83.